The fourth-order valence-corrected chi connectivity index (χ4v) is 3.57. The van der Waals surface area contributed by atoms with E-state index in [-0.39, 0.29) is 11.5 Å². The van der Waals surface area contributed by atoms with Gasteiger partial charge >= 0.3 is 5.97 Å². The largest absolute Gasteiger partial charge is 0.478 e. The maximum absolute atomic E-state index is 12.8. The molecule has 3 heterocycles. The molecular weight excluding hydrogens is 342 g/mol. The zero-order valence-corrected chi connectivity index (χ0v) is 15.0. The van der Waals surface area contributed by atoms with Crippen LogP contribution >= 0.6 is 0 Å². The first-order valence-corrected chi connectivity index (χ1v) is 9.23. The Morgan fingerprint density at radius 3 is 2.30 bits per heavy atom. The Bertz CT molecular complexity index is 984. The van der Waals surface area contributed by atoms with Crippen LogP contribution in [0.15, 0.2) is 48.8 Å². The zero-order valence-electron chi connectivity index (χ0n) is 15.0. The molecule has 1 saturated heterocycles. The lowest BCUT2D eigenvalue weighted by Crippen LogP contribution is -2.31. The van der Waals surface area contributed by atoms with Gasteiger partial charge in [-0.05, 0) is 49.2 Å². The predicted octanol–water partition coefficient (Wildman–Crippen LogP) is 3.74. The van der Waals surface area contributed by atoms with Gasteiger partial charge < -0.3 is 14.6 Å². The van der Waals surface area contributed by atoms with Crippen LogP contribution in [-0.2, 0) is 0 Å². The van der Waals surface area contributed by atoms with Crippen molar-refractivity contribution in [3.8, 4) is 5.69 Å². The zero-order chi connectivity index (χ0) is 18.8. The number of aromatic nitrogens is 2. The van der Waals surface area contributed by atoms with Gasteiger partial charge in [-0.25, -0.2) is 9.78 Å². The van der Waals surface area contributed by atoms with Crippen LogP contribution in [0.3, 0.4) is 0 Å². The summed E-state index contributed by atoms with van der Waals surface area (Å²) in [7, 11) is 0. The minimum Gasteiger partial charge on any atom is -0.478 e. The van der Waals surface area contributed by atoms with Crippen LogP contribution in [0.4, 0.5) is 0 Å². The van der Waals surface area contributed by atoms with Gasteiger partial charge in [-0.2, -0.15) is 0 Å². The number of fused-ring (bicyclic) bond motifs is 1. The highest BCUT2D eigenvalue weighted by Crippen LogP contribution is 2.21. The SMILES string of the molecule is O=C(O)c1ccc(-n2ccc3cc(C(=O)N4CCCCCC4)cnc32)cc1. The van der Waals surface area contributed by atoms with Crippen LogP contribution in [0.2, 0.25) is 0 Å². The van der Waals surface area contributed by atoms with Crippen LogP contribution in [0.5, 0.6) is 0 Å². The summed E-state index contributed by atoms with van der Waals surface area (Å²) in [6, 6.07) is 10.5. The molecule has 0 bridgehead atoms. The predicted molar refractivity (Wildman–Crippen MR) is 102 cm³/mol. The number of likely N-dealkylation sites (tertiary alicyclic amines) is 1. The second-order valence-electron chi connectivity index (χ2n) is 6.88. The molecule has 4 rings (SSSR count). The third-order valence-electron chi connectivity index (χ3n) is 5.06. The van der Waals surface area contributed by atoms with E-state index in [1.807, 2.05) is 27.8 Å². The summed E-state index contributed by atoms with van der Waals surface area (Å²) in [6.45, 7) is 1.63. The van der Waals surface area contributed by atoms with Gasteiger partial charge in [0.05, 0.1) is 11.1 Å². The molecule has 0 saturated carbocycles. The van der Waals surface area contributed by atoms with Gasteiger partial charge in [0, 0.05) is 36.6 Å². The number of carbonyl (C=O) groups is 2. The van der Waals surface area contributed by atoms with Crippen molar-refractivity contribution >= 4 is 22.9 Å². The van der Waals surface area contributed by atoms with Crippen LogP contribution in [0.25, 0.3) is 16.7 Å². The Kier molecular flexibility index (Phi) is 4.62. The first-order valence-electron chi connectivity index (χ1n) is 9.23. The van der Waals surface area contributed by atoms with E-state index in [0.717, 1.165) is 42.7 Å². The maximum Gasteiger partial charge on any atom is 0.335 e. The Hall–Kier alpha value is -3.15. The van der Waals surface area contributed by atoms with Gasteiger partial charge in [0.15, 0.2) is 0 Å². The van der Waals surface area contributed by atoms with Crippen LogP contribution in [0, 0.1) is 0 Å². The number of carbonyl (C=O) groups excluding carboxylic acids is 1. The number of aromatic carboxylic acids is 1. The number of nitrogens with zero attached hydrogens (tertiary/aromatic N) is 3. The van der Waals surface area contributed by atoms with Crippen molar-refractivity contribution in [2.24, 2.45) is 0 Å². The lowest BCUT2D eigenvalue weighted by molar-refractivity contribution is 0.0695. The molecular formula is C21H21N3O3. The number of carboxylic acid groups (broad SMARTS) is 1. The second kappa shape index (κ2) is 7.23. The molecule has 0 atom stereocenters. The number of carboxylic acids is 1. The summed E-state index contributed by atoms with van der Waals surface area (Å²) in [5.41, 5.74) is 2.43. The van der Waals surface area contributed by atoms with Gasteiger partial charge in [0.1, 0.15) is 5.65 Å². The van der Waals surface area contributed by atoms with E-state index in [4.69, 9.17) is 5.11 Å². The standard InChI is InChI=1S/C21H21N3O3/c25-20(23-10-3-1-2-4-11-23)17-13-16-9-12-24(19(16)22-14-17)18-7-5-15(6-8-18)21(26)27/h5-9,12-14H,1-4,10-11H2,(H,26,27). The smallest absolute Gasteiger partial charge is 0.335 e. The van der Waals surface area contributed by atoms with Gasteiger partial charge in [0.25, 0.3) is 5.91 Å². The van der Waals surface area contributed by atoms with Crippen molar-refractivity contribution in [2.75, 3.05) is 13.1 Å². The monoisotopic (exact) mass is 363 g/mol. The molecule has 0 radical (unpaired) electrons. The molecule has 1 aliphatic heterocycles. The minimum atomic E-state index is -0.950. The molecule has 6 heteroatoms. The number of hydrogen-bond donors (Lipinski definition) is 1. The highest BCUT2D eigenvalue weighted by atomic mass is 16.4. The van der Waals surface area contributed by atoms with Crippen molar-refractivity contribution in [2.45, 2.75) is 25.7 Å². The summed E-state index contributed by atoms with van der Waals surface area (Å²) in [4.78, 5) is 30.2. The summed E-state index contributed by atoms with van der Waals surface area (Å²) in [5, 5.41) is 9.92. The molecule has 3 aromatic rings. The summed E-state index contributed by atoms with van der Waals surface area (Å²) < 4.78 is 1.89. The van der Waals surface area contributed by atoms with Crippen molar-refractivity contribution in [3.63, 3.8) is 0 Å². The first kappa shape index (κ1) is 17.3. The second-order valence-corrected chi connectivity index (χ2v) is 6.88. The quantitative estimate of drug-likeness (QED) is 0.769. The van der Waals surface area contributed by atoms with E-state index in [9.17, 15) is 9.59 Å². The number of hydrogen-bond acceptors (Lipinski definition) is 3. The Morgan fingerprint density at radius 1 is 0.926 bits per heavy atom. The van der Waals surface area contributed by atoms with Crippen molar-refractivity contribution < 1.29 is 14.7 Å². The number of benzene rings is 1. The normalized spacial score (nSPS) is 14.9. The third kappa shape index (κ3) is 3.43. The van der Waals surface area contributed by atoms with Gasteiger partial charge in [-0.15, -0.1) is 0 Å². The molecule has 1 fully saturated rings. The number of pyridine rings is 1. The van der Waals surface area contributed by atoms with E-state index >= 15 is 0 Å². The summed E-state index contributed by atoms with van der Waals surface area (Å²) in [5.74, 6) is -0.904. The Labute approximate surface area is 157 Å². The van der Waals surface area contributed by atoms with Gasteiger partial charge in [-0.1, -0.05) is 12.8 Å². The molecule has 0 aliphatic carbocycles. The third-order valence-corrected chi connectivity index (χ3v) is 5.06. The highest BCUT2D eigenvalue weighted by Gasteiger charge is 2.18. The topological polar surface area (TPSA) is 75.4 Å². The van der Waals surface area contributed by atoms with E-state index in [1.54, 1.807) is 30.5 Å². The van der Waals surface area contributed by atoms with E-state index in [0.29, 0.717) is 5.56 Å². The number of rotatable bonds is 3. The average Bonchev–Trinajstić information content (AvgIpc) is 2.92. The molecule has 1 N–H and O–H groups in total. The molecule has 6 nitrogen and oxygen atoms in total. The molecule has 27 heavy (non-hydrogen) atoms. The van der Waals surface area contributed by atoms with Crippen molar-refractivity contribution in [3.05, 3.63) is 59.9 Å². The Balaban J connectivity index is 1.63. The van der Waals surface area contributed by atoms with Crippen LogP contribution < -0.4 is 0 Å². The highest BCUT2D eigenvalue weighted by molar-refractivity contribution is 5.97. The fraction of sp³-hybridized carbons (Fsp3) is 0.286. The van der Waals surface area contributed by atoms with Crippen LogP contribution in [0.1, 0.15) is 46.4 Å². The number of amides is 1. The van der Waals surface area contributed by atoms with E-state index < -0.39 is 5.97 Å². The van der Waals surface area contributed by atoms with Crippen molar-refractivity contribution in [1.82, 2.24) is 14.5 Å². The molecule has 0 spiro atoms. The summed E-state index contributed by atoms with van der Waals surface area (Å²) in [6.07, 6.45) is 8.01. The van der Waals surface area contributed by atoms with Gasteiger partial charge in [0.2, 0.25) is 0 Å². The van der Waals surface area contributed by atoms with Crippen molar-refractivity contribution in [1.29, 1.82) is 0 Å². The molecule has 1 amide bonds. The molecule has 2 aromatic heterocycles. The lowest BCUT2D eigenvalue weighted by atomic mass is 10.2. The lowest BCUT2D eigenvalue weighted by Gasteiger charge is -2.20. The molecule has 138 valence electrons. The fourth-order valence-electron chi connectivity index (χ4n) is 3.57. The van der Waals surface area contributed by atoms with Crippen LogP contribution in [-0.4, -0.2) is 44.5 Å². The minimum absolute atomic E-state index is 0.0462. The molecule has 1 aliphatic rings. The first-order chi connectivity index (χ1) is 13.1. The average molecular weight is 363 g/mol. The van der Waals surface area contributed by atoms with E-state index in [2.05, 4.69) is 4.98 Å². The molecule has 1 aromatic carbocycles. The Morgan fingerprint density at radius 2 is 1.63 bits per heavy atom. The summed E-state index contributed by atoms with van der Waals surface area (Å²) >= 11 is 0. The maximum atomic E-state index is 12.8. The van der Waals surface area contributed by atoms with Gasteiger partial charge in [-0.3, -0.25) is 4.79 Å². The molecule has 0 unspecified atom stereocenters. The van der Waals surface area contributed by atoms with E-state index in [1.165, 1.54) is 12.8 Å².